The van der Waals surface area contributed by atoms with Crippen LogP contribution in [0.1, 0.15) is 50.7 Å². The number of benzene rings is 1. The highest BCUT2D eigenvalue weighted by atomic mass is 16.2. The van der Waals surface area contributed by atoms with Crippen molar-refractivity contribution in [1.82, 2.24) is 10.2 Å². The summed E-state index contributed by atoms with van der Waals surface area (Å²) in [5.74, 6) is 1.49. The van der Waals surface area contributed by atoms with Gasteiger partial charge in [0, 0.05) is 19.5 Å². The minimum Gasteiger partial charge on any atom is -0.342 e. The van der Waals surface area contributed by atoms with E-state index in [1.807, 2.05) is 11.9 Å². The highest BCUT2D eigenvalue weighted by Gasteiger charge is 2.25. The Kier molecular flexibility index (Phi) is 7.29. The predicted molar refractivity (Wildman–Crippen MR) is 101 cm³/mol. The first kappa shape index (κ1) is 19.0. The Morgan fingerprint density at radius 2 is 1.88 bits per heavy atom. The molecule has 1 heterocycles. The van der Waals surface area contributed by atoms with Crippen molar-refractivity contribution < 1.29 is 4.79 Å². The second-order valence-corrected chi connectivity index (χ2v) is 7.53. The van der Waals surface area contributed by atoms with Gasteiger partial charge in [-0.1, -0.05) is 43.7 Å². The molecule has 134 valence electrons. The second-order valence-electron chi connectivity index (χ2n) is 7.53. The number of rotatable bonds is 7. The molecule has 0 aliphatic carbocycles. The summed E-state index contributed by atoms with van der Waals surface area (Å²) in [4.78, 5) is 14.7. The lowest BCUT2D eigenvalue weighted by Crippen LogP contribution is -2.40. The summed E-state index contributed by atoms with van der Waals surface area (Å²) < 4.78 is 0. The molecule has 1 N–H and O–H groups in total. The molecule has 0 saturated carbocycles. The molecule has 1 saturated heterocycles. The Hall–Kier alpha value is -1.35. The number of piperidine rings is 1. The number of aryl methyl sites for hydroxylation is 1. The van der Waals surface area contributed by atoms with Crippen LogP contribution in [-0.2, 0) is 11.2 Å². The lowest BCUT2D eigenvalue weighted by atomic mass is 9.84. The number of nitrogens with zero attached hydrogens (tertiary/aromatic N) is 1. The summed E-state index contributed by atoms with van der Waals surface area (Å²) in [6.07, 6.45) is 5.04. The van der Waals surface area contributed by atoms with Crippen molar-refractivity contribution in [2.45, 2.75) is 58.9 Å². The first-order chi connectivity index (χ1) is 11.5. The zero-order valence-electron chi connectivity index (χ0n) is 15.8. The molecule has 1 aromatic rings. The van der Waals surface area contributed by atoms with E-state index in [4.69, 9.17) is 0 Å². The smallest absolute Gasteiger partial charge is 0.222 e. The fourth-order valence-corrected chi connectivity index (χ4v) is 3.75. The van der Waals surface area contributed by atoms with Crippen LogP contribution in [-0.4, -0.2) is 37.0 Å². The molecule has 2 rings (SSSR count). The number of carbonyl (C=O) groups excluding carboxylic acids is 1. The quantitative estimate of drug-likeness (QED) is 0.825. The van der Waals surface area contributed by atoms with E-state index in [2.05, 4.69) is 50.4 Å². The van der Waals surface area contributed by atoms with E-state index in [1.54, 1.807) is 0 Å². The van der Waals surface area contributed by atoms with Crippen molar-refractivity contribution >= 4 is 5.91 Å². The van der Waals surface area contributed by atoms with Crippen LogP contribution < -0.4 is 5.32 Å². The van der Waals surface area contributed by atoms with Gasteiger partial charge in [-0.2, -0.15) is 0 Å². The third-order valence-electron chi connectivity index (χ3n) is 5.69. The van der Waals surface area contributed by atoms with Gasteiger partial charge < -0.3 is 10.2 Å². The fraction of sp³-hybridized carbons (Fsp3) is 0.667. The maximum atomic E-state index is 12.8. The predicted octanol–water partition coefficient (Wildman–Crippen LogP) is 3.80. The van der Waals surface area contributed by atoms with Crippen LogP contribution in [0.5, 0.6) is 0 Å². The molecule has 1 fully saturated rings. The molecule has 1 aliphatic rings. The van der Waals surface area contributed by atoms with Crippen LogP contribution in [0.2, 0.25) is 0 Å². The fourth-order valence-electron chi connectivity index (χ4n) is 3.75. The van der Waals surface area contributed by atoms with Crippen LogP contribution >= 0.6 is 0 Å². The van der Waals surface area contributed by atoms with Gasteiger partial charge >= 0.3 is 0 Å². The van der Waals surface area contributed by atoms with Gasteiger partial charge in [0.15, 0.2) is 0 Å². The molecule has 1 aliphatic heterocycles. The van der Waals surface area contributed by atoms with Crippen LogP contribution in [0.3, 0.4) is 0 Å². The molecule has 2 unspecified atom stereocenters. The summed E-state index contributed by atoms with van der Waals surface area (Å²) in [5.41, 5.74) is 2.60. The summed E-state index contributed by atoms with van der Waals surface area (Å²) in [6.45, 7) is 8.74. The van der Waals surface area contributed by atoms with Gasteiger partial charge in [-0.25, -0.2) is 0 Å². The molecule has 0 bridgehead atoms. The molecule has 0 spiro atoms. The molecule has 24 heavy (non-hydrogen) atoms. The van der Waals surface area contributed by atoms with Crippen molar-refractivity contribution in [2.24, 2.45) is 11.8 Å². The number of hydrogen-bond donors (Lipinski definition) is 1. The minimum absolute atomic E-state index is 0.292. The maximum absolute atomic E-state index is 12.8. The first-order valence-corrected chi connectivity index (χ1v) is 9.53. The first-order valence-electron chi connectivity index (χ1n) is 9.53. The van der Waals surface area contributed by atoms with Gasteiger partial charge in [0.2, 0.25) is 5.91 Å². The van der Waals surface area contributed by atoms with E-state index in [9.17, 15) is 4.79 Å². The molecule has 1 aromatic carbocycles. The Balaban J connectivity index is 1.90. The van der Waals surface area contributed by atoms with E-state index >= 15 is 0 Å². The van der Waals surface area contributed by atoms with Crippen LogP contribution in [0.25, 0.3) is 0 Å². The normalized spacial score (nSPS) is 18.2. The summed E-state index contributed by atoms with van der Waals surface area (Å²) >= 11 is 0. The summed E-state index contributed by atoms with van der Waals surface area (Å²) in [6, 6.07) is 8.98. The van der Waals surface area contributed by atoms with Crippen molar-refractivity contribution in [3.63, 3.8) is 0 Å². The maximum Gasteiger partial charge on any atom is 0.222 e. The van der Waals surface area contributed by atoms with E-state index < -0.39 is 0 Å². The summed E-state index contributed by atoms with van der Waals surface area (Å²) in [7, 11) is 1.99. The average molecular weight is 331 g/mol. The van der Waals surface area contributed by atoms with E-state index in [0.717, 1.165) is 25.9 Å². The molecule has 1 amide bonds. The van der Waals surface area contributed by atoms with Crippen molar-refractivity contribution in [3.05, 3.63) is 35.4 Å². The van der Waals surface area contributed by atoms with Crippen molar-refractivity contribution in [1.29, 1.82) is 0 Å². The van der Waals surface area contributed by atoms with Gasteiger partial charge in [-0.3, -0.25) is 4.79 Å². The Labute approximate surface area is 147 Å². The van der Waals surface area contributed by atoms with Crippen molar-refractivity contribution in [3.8, 4) is 0 Å². The summed E-state index contributed by atoms with van der Waals surface area (Å²) in [5, 5.41) is 3.41. The highest BCUT2D eigenvalue weighted by Crippen LogP contribution is 2.25. The third kappa shape index (κ3) is 5.34. The number of hydrogen-bond acceptors (Lipinski definition) is 2. The van der Waals surface area contributed by atoms with Crippen molar-refractivity contribution in [2.75, 3.05) is 20.1 Å². The standard InChI is InChI=1S/C21H34N2O/c1-5-20(15-18-8-6-16(2)7-9-18)23(4)21(24)14-17(3)19-10-12-22-13-11-19/h6-9,17,19-20,22H,5,10-15H2,1-4H3. The minimum atomic E-state index is 0.292. The van der Waals surface area contributed by atoms with Crippen LogP contribution in [0.15, 0.2) is 24.3 Å². The average Bonchev–Trinajstić information content (AvgIpc) is 2.61. The monoisotopic (exact) mass is 330 g/mol. The third-order valence-corrected chi connectivity index (χ3v) is 5.69. The van der Waals surface area contributed by atoms with Gasteiger partial charge in [0.25, 0.3) is 0 Å². The Morgan fingerprint density at radius 1 is 1.25 bits per heavy atom. The van der Waals surface area contributed by atoms with Crippen LogP contribution in [0.4, 0.5) is 0 Å². The molecule has 3 nitrogen and oxygen atoms in total. The van der Waals surface area contributed by atoms with Gasteiger partial charge in [0.1, 0.15) is 0 Å². The molecular weight excluding hydrogens is 296 g/mol. The van der Waals surface area contributed by atoms with E-state index in [1.165, 1.54) is 24.0 Å². The zero-order chi connectivity index (χ0) is 17.5. The highest BCUT2D eigenvalue weighted by molar-refractivity contribution is 5.76. The molecule has 3 heteroatoms. The molecule has 2 atom stereocenters. The largest absolute Gasteiger partial charge is 0.342 e. The number of likely N-dealkylation sites (N-methyl/N-ethyl adjacent to an activating group) is 1. The Morgan fingerprint density at radius 3 is 2.46 bits per heavy atom. The molecule has 0 aromatic heterocycles. The number of carbonyl (C=O) groups is 1. The van der Waals surface area contributed by atoms with Crippen LogP contribution in [0, 0.1) is 18.8 Å². The Bertz CT molecular complexity index is 505. The van der Waals surface area contributed by atoms with Gasteiger partial charge in [-0.05, 0) is 63.1 Å². The SMILES string of the molecule is CCC(Cc1ccc(C)cc1)N(C)C(=O)CC(C)C1CCNCC1. The number of nitrogens with one attached hydrogen (secondary N) is 1. The molecule has 0 radical (unpaired) electrons. The second kappa shape index (κ2) is 9.22. The van der Waals surface area contributed by atoms with E-state index in [-0.39, 0.29) is 0 Å². The van der Waals surface area contributed by atoms with Gasteiger partial charge in [0.05, 0.1) is 0 Å². The lowest BCUT2D eigenvalue weighted by Gasteiger charge is -2.32. The molecular formula is C21H34N2O. The zero-order valence-corrected chi connectivity index (χ0v) is 15.8. The van der Waals surface area contributed by atoms with E-state index in [0.29, 0.717) is 30.2 Å². The topological polar surface area (TPSA) is 32.3 Å². The number of amides is 1. The lowest BCUT2D eigenvalue weighted by molar-refractivity contribution is -0.133. The van der Waals surface area contributed by atoms with Gasteiger partial charge in [-0.15, -0.1) is 0 Å².